The minimum absolute atomic E-state index is 0.0180. The first kappa shape index (κ1) is 38.1. The minimum atomic E-state index is -4.10. The average Bonchev–Trinajstić information content (AvgIpc) is 3.86. The largest absolute Gasteiger partial charge is 0.411 e. The number of thiazole rings is 1. The molecular formula is C36H44N6O6S3. The third-order valence-electron chi connectivity index (χ3n) is 8.78. The van der Waals surface area contributed by atoms with Crippen LogP contribution >= 0.6 is 22.7 Å². The number of carbonyl (C=O) groups excluding carboxylic acids is 2. The highest BCUT2D eigenvalue weighted by Crippen LogP contribution is 2.23. The molecule has 4 aromatic rings. The fourth-order valence-electron chi connectivity index (χ4n) is 6.18. The summed E-state index contributed by atoms with van der Waals surface area (Å²) in [5.74, 6) is -0.662. The Bertz CT molecular complexity index is 1870. The summed E-state index contributed by atoms with van der Waals surface area (Å²) in [6.07, 6.45) is 0.554. The van der Waals surface area contributed by atoms with Crippen LogP contribution in [0.25, 0.3) is 0 Å². The molecule has 0 unspecified atom stereocenters. The van der Waals surface area contributed by atoms with Gasteiger partial charge in [0.25, 0.3) is 0 Å². The van der Waals surface area contributed by atoms with Gasteiger partial charge in [-0.25, -0.2) is 18.2 Å². The lowest BCUT2D eigenvalue weighted by Gasteiger charge is -2.34. The number of sulfonamides is 1. The number of hydrogen-bond donors (Lipinski definition) is 3. The lowest BCUT2D eigenvalue weighted by Crippen LogP contribution is -2.57. The molecule has 12 nitrogen and oxygen atoms in total. The van der Waals surface area contributed by atoms with Crippen molar-refractivity contribution in [3.63, 3.8) is 0 Å². The number of thiophene rings is 1. The smallest absolute Gasteiger partial charge is 0.321 e. The van der Waals surface area contributed by atoms with E-state index in [0.29, 0.717) is 31.6 Å². The number of aryl methyl sites for hydroxylation is 1. The van der Waals surface area contributed by atoms with E-state index in [2.05, 4.69) is 15.5 Å². The third-order valence-corrected chi connectivity index (χ3v) is 12.4. The molecule has 1 fully saturated rings. The Labute approximate surface area is 307 Å². The minimum Gasteiger partial charge on any atom is -0.411 e. The summed E-state index contributed by atoms with van der Waals surface area (Å²) in [6, 6.07) is 17.2. The van der Waals surface area contributed by atoms with Crippen LogP contribution in [0.2, 0.25) is 0 Å². The fourth-order valence-corrected chi connectivity index (χ4v) is 8.94. The van der Waals surface area contributed by atoms with Crippen molar-refractivity contribution >= 4 is 50.8 Å². The third kappa shape index (κ3) is 9.80. The van der Waals surface area contributed by atoms with E-state index in [1.165, 1.54) is 57.5 Å². The van der Waals surface area contributed by atoms with E-state index in [1.807, 2.05) is 74.0 Å². The molecule has 0 saturated carbocycles. The predicted molar refractivity (Wildman–Crippen MR) is 199 cm³/mol. The molecule has 51 heavy (non-hydrogen) atoms. The van der Waals surface area contributed by atoms with E-state index in [0.717, 1.165) is 21.1 Å². The van der Waals surface area contributed by atoms with Gasteiger partial charge in [0, 0.05) is 36.4 Å². The van der Waals surface area contributed by atoms with Crippen molar-refractivity contribution in [3.8, 4) is 0 Å². The number of aliphatic hydroxyl groups is 1. The highest BCUT2D eigenvalue weighted by molar-refractivity contribution is 7.89. The van der Waals surface area contributed by atoms with Crippen molar-refractivity contribution in [3.05, 3.63) is 104 Å². The normalized spacial score (nSPS) is 15.6. The van der Waals surface area contributed by atoms with E-state index < -0.39 is 34.1 Å². The molecule has 3 atom stereocenters. The zero-order chi connectivity index (χ0) is 36.5. The first-order valence-corrected chi connectivity index (χ1v) is 19.9. The number of oxime groups is 1. The Morgan fingerprint density at radius 3 is 2.45 bits per heavy atom. The summed E-state index contributed by atoms with van der Waals surface area (Å²) >= 11 is 3.04. The first-order valence-electron chi connectivity index (χ1n) is 16.7. The Kier molecular flexibility index (Phi) is 13.0. The van der Waals surface area contributed by atoms with Gasteiger partial charge in [-0.3, -0.25) is 4.79 Å². The number of benzene rings is 2. The number of rotatable bonds is 17. The maximum absolute atomic E-state index is 14.2. The van der Waals surface area contributed by atoms with Crippen molar-refractivity contribution in [1.82, 2.24) is 24.4 Å². The zero-order valence-electron chi connectivity index (χ0n) is 28.8. The Morgan fingerprint density at radius 1 is 1.08 bits per heavy atom. The molecule has 15 heteroatoms. The molecule has 0 aliphatic carbocycles. The summed E-state index contributed by atoms with van der Waals surface area (Å²) in [4.78, 5) is 36.5. The second-order valence-corrected chi connectivity index (χ2v) is 16.9. The van der Waals surface area contributed by atoms with Gasteiger partial charge in [-0.05, 0) is 60.4 Å². The van der Waals surface area contributed by atoms with Crippen LogP contribution in [0, 0.1) is 12.8 Å². The molecule has 0 radical (unpaired) electrons. The molecule has 1 aliphatic rings. The average molecular weight is 753 g/mol. The van der Waals surface area contributed by atoms with E-state index in [1.54, 1.807) is 9.80 Å². The Hall–Kier alpha value is -4.15. The Balaban J connectivity index is 1.38. The molecule has 3 heterocycles. The van der Waals surface area contributed by atoms with Gasteiger partial charge in [0.05, 0.1) is 40.5 Å². The van der Waals surface area contributed by atoms with Gasteiger partial charge < -0.3 is 25.4 Å². The van der Waals surface area contributed by atoms with Gasteiger partial charge in [-0.2, -0.15) is 4.31 Å². The second-order valence-electron chi connectivity index (χ2n) is 12.8. The molecule has 3 amide bonds. The number of hydrogen-bond acceptors (Lipinski definition) is 10. The predicted octanol–water partition coefficient (Wildman–Crippen LogP) is 4.61. The fraction of sp³-hybridized carbons (Fsp3) is 0.389. The van der Waals surface area contributed by atoms with Gasteiger partial charge in [-0.15, -0.1) is 22.7 Å². The summed E-state index contributed by atoms with van der Waals surface area (Å²) in [6.45, 7) is 6.64. The van der Waals surface area contributed by atoms with Crippen molar-refractivity contribution in [2.75, 3.05) is 26.2 Å². The molecule has 272 valence electrons. The zero-order valence-corrected chi connectivity index (χ0v) is 31.3. The van der Waals surface area contributed by atoms with Crippen LogP contribution in [-0.4, -0.2) is 100 Å². The number of amides is 3. The molecular weight excluding hydrogens is 709 g/mol. The summed E-state index contributed by atoms with van der Waals surface area (Å²) in [7, 11) is -4.10. The van der Waals surface area contributed by atoms with Crippen molar-refractivity contribution in [2.45, 2.75) is 63.2 Å². The molecule has 0 bridgehead atoms. The number of aromatic nitrogens is 1. The molecule has 3 N–H and O–H groups in total. The molecule has 5 rings (SSSR count). The summed E-state index contributed by atoms with van der Waals surface area (Å²) in [5.41, 5.74) is 2.17. The summed E-state index contributed by atoms with van der Waals surface area (Å²) in [5, 5.41) is 31.5. The second kappa shape index (κ2) is 17.4. The molecule has 2 aromatic heterocycles. The lowest BCUT2D eigenvalue weighted by atomic mass is 9.98. The van der Waals surface area contributed by atoms with Crippen LogP contribution in [0.1, 0.15) is 40.6 Å². The molecule has 2 aromatic carbocycles. The van der Waals surface area contributed by atoms with Gasteiger partial charge in [0.15, 0.2) is 0 Å². The van der Waals surface area contributed by atoms with E-state index >= 15 is 0 Å². The molecule has 1 aliphatic heterocycles. The Morgan fingerprint density at radius 2 is 1.82 bits per heavy atom. The van der Waals surface area contributed by atoms with E-state index in [-0.39, 0.29) is 36.4 Å². The van der Waals surface area contributed by atoms with Crippen LogP contribution in [0.5, 0.6) is 0 Å². The van der Waals surface area contributed by atoms with Gasteiger partial charge >= 0.3 is 6.03 Å². The number of nitrogens with zero attached hydrogens (tertiary/aromatic N) is 5. The number of urea groups is 1. The lowest BCUT2D eigenvalue weighted by molar-refractivity contribution is -0.128. The molecule has 0 spiro atoms. The van der Waals surface area contributed by atoms with Crippen molar-refractivity contribution in [1.29, 1.82) is 0 Å². The van der Waals surface area contributed by atoms with Gasteiger partial charge in [0.2, 0.25) is 15.9 Å². The maximum Gasteiger partial charge on any atom is 0.321 e. The van der Waals surface area contributed by atoms with Crippen LogP contribution in [0.4, 0.5) is 4.79 Å². The van der Waals surface area contributed by atoms with Gasteiger partial charge in [0.1, 0.15) is 6.04 Å². The SMILES string of the molecule is Cc1nc(CN2CCN([C@H](C(=O)N[C@@H](Cc3ccccc3)[C@H](O)CN(CCc3cccs3)S(=O)(=O)c3ccc(C=NO)cc3)C(C)C)C2=O)cs1. The quantitative estimate of drug-likeness (QED) is 0.0809. The van der Waals surface area contributed by atoms with Crippen LogP contribution in [-0.2, 0) is 34.2 Å². The van der Waals surface area contributed by atoms with E-state index in [9.17, 15) is 23.1 Å². The van der Waals surface area contributed by atoms with Crippen LogP contribution in [0.3, 0.4) is 0 Å². The van der Waals surface area contributed by atoms with E-state index in [4.69, 9.17) is 5.21 Å². The standard InChI is InChI=1S/C36H44N6O6S3/c1-25(2)34(42-18-17-40(36(42)45)22-29-24-50-26(3)38-29)35(44)39-32(20-27-8-5-4-6-9-27)33(43)23-41(16-15-30-10-7-19-49-30)51(47,48)31-13-11-28(12-14-31)21-37-46/h4-14,19,21,24-25,32-34,43,46H,15-18,20,22-23H2,1-3H3,(H,39,44)/t32-,33+,34-/m0/s1. The topological polar surface area (TPSA) is 156 Å². The van der Waals surface area contributed by atoms with Crippen LogP contribution < -0.4 is 5.32 Å². The highest BCUT2D eigenvalue weighted by Gasteiger charge is 2.40. The van der Waals surface area contributed by atoms with Crippen molar-refractivity contribution < 1.29 is 28.3 Å². The van der Waals surface area contributed by atoms with Gasteiger partial charge in [-0.1, -0.05) is 67.5 Å². The first-order chi connectivity index (χ1) is 24.5. The monoisotopic (exact) mass is 752 g/mol. The van der Waals surface area contributed by atoms with Crippen LogP contribution in [0.15, 0.2) is 87.5 Å². The summed E-state index contributed by atoms with van der Waals surface area (Å²) < 4.78 is 29.4. The highest BCUT2D eigenvalue weighted by atomic mass is 32.2. The molecule has 1 saturated heterocycles. The maximum atomic E-state index is 14.2. The number of nitrogens with one attached hydrogen (secondary N) is 1. The number of aliphatic hydroxyl groups excluding tert-OH is 1. The van der Waals surface area contributed by atoms with Crippen molar-refractivity contribution in [2.24, 2.45) is 11.1 Å². The number of carbonyl (C=O) groups is 2.